The first-order valence-electron chi connectivity index (χ1n) is 5.72. The zero-order valence-electron chi connectivity index (χ0n) is 9.53. The fraction of sp³-hybridized carbons (Fsp3) is 0.800. The Morgan fingerprint density at radius 1 is 1.56 bits per heavy atom. The second-order valence-corrected chi connectivity index (χ2v) is 6.05. The van der Waals surface area contributed by atoms with E-state index in [4.69, 9.17) is 12.2 Å². The largest absolute Gasteiger partial charge is 0.360 e. The highest BCUT2D eigenvalue weighted by atomic mass is 32.1. The number of anilines is 1. The predicted molar refractivity (Wildman–Crippen MR) is 70.6 cm³/mol. The van der Waals surface area contributed by atoms with Crippen LogP contribution in [0, 0.1) is 9.87 Å². The summed E-state index contributed by atoms with van der Waals surface area (Å²) in [5, 5.41) is 11.1. The van der Waals surface area contributed by atoms with Crippen LogP contribution in [0.1, 0.15) is 19.3 Å². The van der Waals surface area contributed by atoms with Gasteiger partial charge in [0.1, 0.15) is 0 Å². The molecular formula is C10H18N4S2. The number of hydrogen-bond donors (Lipinski definition) is 2. The summed E-state index contributed by atoms with van der Waals surface area (Å²) >= 11 is 6.48. The number of piperidine rings is 1. The summed E-state index contributed by atoms with van der Waals surface area (Å²) in [5.74, 6) is 0.871. The lowest BCUT2D eigenvalue weighted by molar-refractivity contribution is 0.215. The molecule has 0 saturated carbocycles. The Kier molecular flexibility index (Phi) is 4.31. The number of likely N-dealkylation sites (tertiary alicyclic amines) is 1. The Labute approximate surface area is 105 Å². The standard InChI is InChI=1S/C10H18N4S2/c1-14-6-3-8(4-7-14)2-5-11-9-12-13-10(15)16-9/h8H,2-7H2,1H3,(H,11,12)(H,13,15). The van der Waals surface area contributed by atoms with Crippen LogP contribution in [-0.4, -0.2) is 41.8 Å². The molecule has 0 atom stereocenters. The molecule has 0 amide bonds. The molecule has 6 heteroatoms. The Morgan fingerprint density at radius 3 is 2.94 bits per heavy atom. The molecule has 2 heterocycles. The third kappa shape index (κ3) is 3.54. The molecule has 0 unspecified atom stereocenters. The second-order valence-electron chi connectivity index (χ2n) is 4.38. The molecule has 16 heavy (non-hydrogen) atoms. The minimum absolute atomic E-state index is 0.738. The molecule has 1 fully saturated rings. The first-order valence-corrected chi connectivity index (χ1v) is 6.94. The van der Waals surface area contributed by atoms with E-state index in [0.717, 1.165) is 21.5 Å². The fourth-order valence-electron chi connectivity index (χ4n) is 2.04. The van der Waals surface area contributed by atoms with Gasteiger partial charge in [-0.15, -0.1) is 5.10 Å². The van der Waals surface area contributed by atoms with Crippen LogP contribution in [0.5, 0.6) is 0 Å². The first-order chi connectivity index (χ1) is 7.74. The van der Waals surface area contributed by atoms with Crippen molar-refractivity contribution in [2.45, 2.75) is 19.3 Å². The van der Waals surface area contributed by atoms with Crippen LogP contribution in [0.15, 0.2) is 0 Å². The van der Waals surface area contributed by atoms with Crippen LogP contribution in [0.3, 0.4) is 0 Å². The van der Waals surface area contributed by atoms with Gasteiger partial charge in [-0.1, -0.05) is 11.3 Å². The number of nitrogens with one attached hydrogen (secondary N) is 2. The van der Waals surface area contributed by atoms with E-state index in [-0.39, 0.29) is 0 Å². The highest BCUT2D eigenvalue weighted by Gasteiger charge is 2.15. The number of nitrogens with zero attached hydrogens (tertiary/aromatic N) is 2. The van der Waals surface area contributed by atoms with Crippen molar-refractivity contribution in [2.24, 2.45) is 5.92 Å². The van der Waals surface area contributed by atoms with Gasteiger partial charge in [-0.2, -0.15) is 0 Å². The molecule has 0 aromatic carbocycles. The SMILES string of the molecule is CN1CCC(CCNc2n[nH]c(=S)s2)CC1. The van der Waals surface area contributed by atoms with Crippen LogP contribution in [0.25, 0.3) is 0 Å². The molecule has 0 bridgehead atoms. The number of hydrogen-bond acceptors (Lipinski definition) is 5. The van der Waals surface area contributed by atoms with Gasteiger partial charge < -0.3 is 10.2 Å². The summed E-state index contributed by atoms with van der Waals surface area (Å²) in [7, 11) is 2.20. The van der Waals surface area contributed by atoms with E-state index in [0.29, 0.717) is 0 Å². The lowest BCUT2D eigenvalue weighted by Gasteiger charge is -2.28. The molecule has 0 spiro atoms. The average Bonchev–Trinajstić information content (AvgIpc) is 2.67. The highest BCUT2D eigenvalue weighted by molar-refractivity contribution is 7.73. The van der Waals surface area contributed by atoms with Crippen molar-refractivity contribution in [1.82, 2.24) is 15.1 Å². The molecule has 0 aliphatic carbocycles. The van der Waals surface area contributed by atoms with Crippen molar-refractivity contribution in [3.05, 3.63) is 3.95 Å². The second kappa shape index (κ2) is 5.75. The van der Waals surface area contributed by atoms with E-state index in [1.54, 1.807) is 0 Å². The van der Waals surface area contributed by atoms with Crippen LogP contribution in [0.4, 0.5) is 5.13 Å². The van der Waals surface area contributed by atoms with Crippen molar-refractivity contribution in [2.75, 3.05) is 32.0 Å². The van der Waals surface area contributed by atoms with Crippen molar-refractivity contribution >= 4 is 28.7 Å². The zero-order valence-corrected chi connectivity index (χ0v) is 11.2. The zero-order chi connectivity index (χ0) is 11.4. The monoisotopic (exact) mass is 258 g/mol. The first kappa shape index (κ1) is 12.0. The lowest BCUT2D eigenvalue weighted by atomic mass is 9.94. The van der Waals surface area contributed by atoms with Crippen molar-refractivity contribution < 1.29 is 0 Å². The summed E-state index contributed by atoms with van der Waals surface area (Å²) in [6.07, 6.45) is 3.89. The van der Waals surface area contributed by atoms with E-state index >= 15 is 0 Å². The van der Waals surface area contributed by atoms with Crippen LogP contribution in [0.2, 0.25) is 0 Å². The van der Waals surface area contributed by atoms with Gasteiger partial charge in [0.05, 0.1) is 0 Å². The predicted octanol–water partition coefficient (Wildman–Crippen LogP) is 2.34. The fourth-order valence-corrected chi connectivity index (χ4v) is 2.85. The molecule has 1 aromatic heterocycles. The molecule has 1 aromatic rings. The number of aromatic nitrogens is 2. The molecule has 90 valence electrons. The quantitative estimate of drug-likeness (QED) is 0.814. The van der Waals surface area contributed by atoms with Crippen LogP contribution in [-0.2, 0) is 0 Å². The number of aromatic amines is 1. The molecule has 4 nitrogen and oxygen atoms in total. The van der Waals surface area contributed by atoms with Gasteiger partial charge in [-0.25, -0.2) is 0 Å². The molecule has 1 aliphatic rings. The molecule has 0 radical (unpaired) electrons. The normalized spacial score (nSPS) is 18.8. The summed E-state index contributed by atoms with van der Waals surface area (Å²) in [5.41, 5.74) is 0. The van der Waals surface area contributed by atoms with E-state index < -0.39 is 0 Å². The van der Waals surface area contributed by atoms with E-state index in [9.17, 15) is 0 Å². The van der Waals surface area contributed by atoms with Crippen molar-refractivity contribution in [3.63, 3.8) is 0 Å². The smallest absolute Gasteiger partial charge is 0.204 e. The Balaban J connectivity index is 1.66. The van der Waals surface area contributed by atoms with E-state index in [2.05, 4.69) is 27.5 Å². The third-order valence-electron chi connectivity index (χ3n) is 3.11. The van der Waals surface area contributed by atoms with E-state index in [1.807, 2.05) is 0 Å². The number of rotatable bonds is 4. The maximum Gasteiger partial charge on any atom is 0.204 e. The van der Waals surface area contributed by atoms with Gasteiger partial charge in [-0.3, -0.25) is 5.10 Å². The van der Waals surface area contributed by atoms with Crippen LogP contribution >= 0.6 is 23.6 Å². The molecule has 1 saturated heterocycles. The van der Waals surface area contributed by atoms with Gasteiger partial charge >= 0.3 is 0 Å². The molecule has 2 rings (SSSR count). The van der Waals surface area contributed by atoms with Gasteiger partial charge in [0, 0.05) is 6.54 Å². The Hall–Kier alpha value is -0.460. The summed E-state index contributed by atoms with van der Waals surface area (Å²) in [6, 6.07) is 0. The highest BCUT2D eigenvalue weighted by Crippen LogP contribution is 2.19. The van der Waals surface area contributed by atoms with Gasteiger partial charge in [0.2, 0.25) is 5.13 Å². The van der Waals surface area contributed by atoms with Crippen molar-refractivity contribution in [1.29, 1.82) is 0 Å². The minimum atomic E-state index is 0.738. The number of H-pyrrole nitrogens is 1. The lowest BCUT2D eigenvalue weighted by Crippen LogP contribution is -2.30. The Bertz CT molecular complexity index is 365. The summed E-state index contributed by atoms with van der Waals surface area (Å²) < 4.78 is 0.738. The van der Waals surface area contributed by atoms with Crippen LogP contribution < -0.4 is 5.32 Å². The minimum Gasteiger partial charge on any atom is -0.360 e. The van der Waals surface area contributed by atoms with Gasteiger partial charge in [0.25, 0.3) is 0 Å². The Morgan fingerprint density at radius 2 is 2.31 bits per heavy atom. The molecular weight excluding hydrogens is 240 g/mol. The van der Waals surface area contributed by atoms with Gasteiger partial charge in [-0.05, 0) is 57.5 Å². The maximum absolute atomic E-state index is 4.98. The molecule has 1 aliphatic heterocycles. The molecule has 2 N–H and O–H groups in total. The van der Waals surface area contributed by atoms with Crippen molar-refractivity contribution in [3.8, 4) is 0 Å². The van der Waals surface area contributed by atoms with E-state index in [1.165, 1.54) is 43.7 Å². The summed E-state index contributed by atoms with van der Waals surface area (Å²) in [6.45, 7) is 3.49. The van der Waals surface area contributed by atoms with Gasteiger partial charge in [0.15, 0.2) is 3.95 Å². The third-order valence-corrected chi connectivity index (χ3v) is 4.15. The maximum atomic E-state index is 4.98. The topological polar surface area (TPSA) is 44.0 Å². The summed E-state index contributed by atoms with van der Waals surface area (Å²) in [4.78, 5) is 2.41. The average molecular weight is 258 g/mol.